The lowest BCUT2D eigenvalue weighted by Crippen LogP contribution is -2.61. The van der Waals surface area contributed by atoms with E-state index >= 15 is 0 Å². The zero-order chi connectivity index (χ0) is 7.84. The number of rotatable bonds is 2. The van der Waals surface area contributed by atoms with Gasteiger partial charge in [-0.3, -0.25) is 4.90 Å². The summed E-state index contributed by atoms with van der Waals surface area (Å²) >= 11 is 0. The van der Waals surface area contributed by atoms with Crippen LogP contribution in [-0.2, 0) is 0 Å². The Bertz CT molecular complexity index is 134. The van der Waals surface area contributed by atoms with Crippen LogP contribution in [0.3, 0.4) is 0 Å². The number of hydrogen-bond acceptors (Lipinski definition) is 2. The van der Waals surface area contributed by atoms with E-state index in [1.807, 2.05) is 0 Å². The first kappa shape index (κ1) is 7.56. The number of nitrogens with zero attached hydrogens (tertiary/aromatic N) is 2. The Kier molecular flexibility index (Phi) is 1.90. The molecule has 1 saturated heterocycles. The van der Waals surface area contributed by atoms with Gasteiger partial charge in [-0.2, -0.15) is 0 Å². The van der Waals surface area contributed by atoms with Gasteiger partial charge in [0.05, 0.1) is 0 Å². The summed E-state index contributed by atoms with van der Waals surface area (Å²) in [5, 5.41) is 0. The highest BCUT2D eigenvalue weighted by Crippen LogP contribution is 2.29. The van der Waals surface area contributed by atoms with E-state index in [2.05, 4.69) is 23.9 Å². The van der Waals surface area contributed by atoms with Gasteiger partial charge in [-0.25, -0.2) is 0 Å². The van der Waals surface area contributed by atoms with Crippen LogP contribution in [0.5, 0.6) is 0 Å². The molecule has 0 radical (unpaired) electrons. The molecule has 64 valence electrons. The van der Waals surface area contributed by atoms with Gasteiger partial charge in [-0.1, -0.05) is 6.42 Å². The maximum Gasteiger partial charge on any atom is 0.0344 e. The van der Waals surface area contributed by atoms with Crippen molar-refractivity contribution in [3.05, 3.63) is 0 Å². The Morgan fingerprint density at radius 2 is 1.82 bits per heavy atom. The lowest BCUT2D eigenvalue weighted by atomic mass is 9.88. The van der Waals surface area contributed by atoms with Crippen molar-refractivity contribution < 1.29 is 0 Å². The van der Waals surface area contributed by atoms with E-state index in [1.54, 1.807) is 0 Å². The molecule has 2 fully saturated rings. The topological polar surface area (TPSA) is 6.48 Å². The average Bonchev–Trinajstić information content (AvgIpc) is 1.70. The van der Waals surface area contributed by atoms with E-state index in [-0.39, 0.29) is 0 Å². The summed E-state index contributed by atoms with van der Waals surface area (Å²) < 4.78 is 0. The molecular formula is C9H18N2. The Morgan fingerprint density at radius 3 is 2.18 bits per heavy atom. The fraction of sp³-hybridized carbons (Fsp3) is 1.00. The number of hydrogen-bond donors (Lipinski definition) is 0. The summed E-state index contributed by atoms with van der Waals surface area (Å²) in [6, 6.07) is 1.81. The zero-order valence-electron chi connectivity index (χ0n) is 7.58. The smallest absolute Gasteiger partial charge is 0.0344 e. The van der Waals surface area contributed by atoms with Gasteiger partial charge in [-0.15, -0.1) is 0 Å². The summed E-state index contributed by atoms with van der Waals surface area (Å²) in [4.78, 5) is 4.98. The third-order valence-electron chi connectivity index (χ3n) is 3.21. The van der Waals surface area contributed by atoms with Gasteiger partial charge in [0, 0.05) is 25.2 Å². The van der Waals surface area contributed by atoms with Crippen LogP contribution in [0.15, 0.2) is 0 Å². The van der Waals surface area contributed by atoms with Gasteiger partial charge in [-0.05, 0) is 26.9 Å². The molecule has 11 heavy (non-hydrogen) atoms. The van der Waals surface area contributed by atoms with E-state index < -0.39 is 0 Å². The minimum atomic E-state index is 0.843. The molecule has 0 N–H and O–H groups in total. The number of likely N-dealkylation sites (N-methyl/N-ethyl adjacent to an activating group) is 1. The zero-order valence-corrected chi connectivity index (χ0v) is 7.58. The Morgan fingerprint density at radius 1 is 1.18 bits per heavy atom. The van der Waals surface area contributed by atoms with E-state index in [0.29, 0.717) is 0 Å². The van der Waals surface area contributed by atoms with Crippen LogP contribution in [0.2, 0.25) is 0 Å². The molecule has 0 unspecified atom stereocenters. The van der Waals surface area contributed by atoms with E-state index in [1.165, 1.54) is 32.4 Å². The molecule has 1 aliphatic heterocycles. The van der Waals surface area contributed by atoms with E-state index in [4.69, 9.17) is 0 Å². The fourth-order valence-electron chi connectivity index (χ4n) is 1.86. The van der Waals surface area contributed by atoms with Crippen LogP contribution in [-0.4, -0.2) is 49.1 Å². The predicted octanol–water partition coefficient (Wildman–Crippen LogP) is 0.785. The van der Waals surface area contributed by atoms with Gasteiger partial charge < -0.3 is 4.90 Å². The lowest BCUT2D eigenvalue weighted by molar-refractivity contribution is -0.000706. The summed E-state index contributed by atoms with van der Waals surface area (Å²) in [7, 11) is 4.37. The molecule has 0 aromatic carbocycles. The Balaban J connectivity index is 1.70. The second kappa shape index (κ2) is 2.76. The third-order valence-corrected chi connectivity index (χ3v) is 3.21. The van der Waals surface area contributed by atoms with Gasteiger partial charge in [0.15, 0.2) is 0 Å². The van der Waals surface area contributed by atoms with Crippen LogP contribution < -0.4 is 0 Å². The van der Waals surface area contributed by atoms with Crippen LogP contribution >= 0.6 is 0 Å². The molecule has 1 saturated carbocycles. The SMILES string of the molecule is CN(C)C1CN(C2CCC2)C1. The molecule has 0 aromatic heterocycles. The van der Waals surface area contributed by atoms with Crippen molar-refractivity contribution in [3.63, 3.8) is 0 Å². The van der Waals surface area contributed by atoms with Gasteiger partial charge in [0.1, 0.15) is 0 Å². The molecule has 2 nitrogen and oxygen atoms in total. The van der Waals surface area contributed by atoms with Crippen molar-refractivity contribution in [2.24, 2.45) is 0 Å². The van der Waals surface area contributed by atoms with E-state index in [0.717, 1.165) is 12.1 Å². The summed E-state index contributed by atoms with van der Waals surface area (Å²) in [6.45, 7) is 2.63. The van der Waals surface area contributed by atoms with Crippen LogP contribution in [0.25, 0.3) is 0 Å². The summed E-state index contributed by atoms with van der Waals surface area (Å²) in [6.07, 6.45) is 4.38. The second-order valence-corrected chi connectivity index (χ2v) is 4.16. The van der Waals surface area contributed by atoms with Crippen LogP contribution in [0.4, 0.5) is 0 Å². The first-order chi connectivity index (χ1) is 5.27. The maximum atomic E-state index is 2.63. The van der Waals surface area contributed by atoms with Crippen molar-refractivity contribution in [2.75, 3.05) is 27.2 Å². The molecule has 0 bridgehead atoms. The Labute approximate surface area is 69.2 Å². The molecule has 2 rings (SSSR count). The first-order valence-electron chi connectivity index (χ1n) is 4.68. The third kappa shape index (κ3) is 1.30. The van der Waals surface area contributed by atoms with Crippen molar-refractivity contribution in [1.29, 1.82) is 0 Å². The predicted molar refractivity (Wildman–Crippen MR) is 46.7 cm³/mol. The molecule has 2 aliphatic rings. The van der Waals surface area contributed by atoms with Crippen LogP contribution in [0.1, 0.15) is 19.3 Å². The molecule has 0 aromatic rings. The van der Waals surface area contributed by atoms with Crippen LogP contribution in [0, 0.1) is 0 Å². The molecule has 2 heteroatoms. The largest absolute Gasteiger partial charge is 0.304 e. The molecule has 0 spiro atoms. The van der Waals surface area contributed by atoms with Crippen molar-refractivity contribution >= 4 is 0 Å². The molecule has 0 amide bonds. The van der Waals surface area contributed by atoms with Crippen molar-refractivity contribution in [3.8, 4) is 0 Å². The van der Waals surface area contributed by atoms with E-state index in [9.17, 15) is 0 Å². The average molecular weight is 154 g/mol. The standard InChI is InChI=1S/C9H18N2/c1-10(2)9-6-11(7-9)8-4-3-5-8/h8-9H,3-7H2,1-2H3. The number of likely N-dealkylation sites (tertiary alicyclic amines) is 1. The summed E-state index contributed by atoms with van der Waals surface area (Å²) in [5.74, 6) is 0. The quantitative estimate of drug-likeness (QED) is 0.580. The van der Waals surface area contributed by atoms with Crippen molar-refractivity contribution in [1.82, 2.24) is 9.80 Å². The highest BCUT2D eigenvalue weighted by molar-refractivity contribution is 4.92. The minimum absolute atomic E-state index is 0.843. The first-order valence-corrected chi connectivity index (χ1v) is 4.68. The highest BCUT2D eigenvalue weighted by Gasteiger charge is 2.35. The van der Waals surface area contributed by atoms with Gasteiger partial charge >= 0.3 is 0 Å². The maximum absolute atomic E-state index is 2.63. The minimum Gasteiger partial charge on any atom is -0.304 e. The van der Waals surface area contributed by atoms with Crippen molar-refractivity contribution in [2.45, 2.75) is 31.3 Å². The normalized spacial score (nSPS) is 28.6. The molecular weight excluding hydrogens is 136 g/mol. The lowest BCUT2D eigenvalue weighted by Gasteiger charge is -2.49. The molecule has 1 aliphatic carbocycles. The highest BCUT2D eigenvalue weighted by atomic mass is 15.3. The molecule has 0 atom stereocenters. The van der Waals surface area contributed by atoms with Gasteiger partial charge in [0.25, 0.3) is 0 Å². The van der Waals surface area contributed by atoms with Gasteiger partial charge in [0.2, 0.25) is 0 Å². The Hall–Kier alpha value is -0.0800. The molecule has 1 heterocycles. The fourth-order valence-corrected chi connectivity index (χ4v) is 1.86. The second-order valence-electron chi connectivity index (χ2n) is 4.16. The monoisotopic (exact) mass is 154 g/mol. The summed E-state index contributed by atoms with van der Waals surface area (Å²) in [5.41, 5.74) is 0.